The highest BCUT2D eigenvalue weighted by Gasteiger charge is 2.26. The number of fused-ring (bicyclic) bond motifs is 4. The summed E-state index contributed by atoms with van der Waals surface area (Å²) in [6.07, 6.45) is 0.752. The van der Waals surface area contributed by atoms with Gasteiger partial charge in [-0.3, -0.25) is 14.6 Å². The van der Waals surface area contributed by atoms with Gasteiger partial charge in [-0.05, 0) is 60.4 Å². The standard InChI is InChI=1S/C30H29N3O4S.ClH/c1-19-16-20(2)27-25(17-19)31-30(38-27)33(11-5-10-32-12-14-36-15-13-32)28(34)24-18-23-22-7-4-3-6-21(22)8-9-26(23)37-29(24)35;/h3-4,6-9,16-18H,5,10-15H2,1-2H3;1H. The summed E-state index contributed by atoms with van der Waals surface area (Å²) in [5, 5.41) is 3.30. The van der Waals surface area contributed by atoms with E-state index in [1.807, 2.05) is 43.3 Å². The smallest absolute Gasteiger partial charge is 0.349 e. The summed E-state index contributed by atoms with van der Waals surface area (Å²) in [5.41, 5.74) is 2.97. The van der Waals surface area contributed by atoms with Crippen LogP contribution in [-0.4, -0.2) is 55.2 Å². The van der Waals surface area contributed by atoms with Gasteiger partial charge in [0.2, 0.25) is 0 Å². The number of benzene rings is 3. The van der Waals surface area contributed by atoms with Crippen LogP contribution >= 0.6 is 23.7 Å². The van der Waals surface area contributed by atoms with Gasteiger partial charge in [0.1, 0.15) is 11.1 Å². The lowest BCUT2D eigenvalue weighted by Crippen LogP contribution is -2.40. The molecule has 0 spiro atoms. The second kappa shape index (κ2) is 11.4. The maximum absolute atomic E-state index is 14.1. The second-order valence-corrected chi connectivity index (χ2v) is 10.8. The molecule has 0 N–H and O–H groups in total. The maximum Gasteiger partial charge on any atom is 0.349 e. The molecule has 1 fully saturated rings. The van der Waals surface area contributed by atoms with Crippen LogP contribution in [-0.2, 0) is 4.74 Å². The van der Waals surface area contributed by atoms with Crippen LogP contribution in [0.2, 0.25) is 0 Å². The molecular formula is C30H30ClN3O4S. The number of aryl methyl sites for hydroxylation is 2. The number of hydrogen-bond acceptors (Lipinski definition) is 7. The van der Waals surface area contributed by atoms with E-state index in [4.69, 9.17) is 14.1 Å². The Morgan fingerprint density at radius 1 is 1.05 bits per heavy atom. The molecule has 1 aliphatic rings. The predicted octanol–water partition coefficient (Wildman–Crippen LogP) is 5.96. The number of morpholine rings is 1. The Kier molecular flexibility index (Phi) is 8.00. The molecule has 3 heterocycles. The van der Waals surface area contributed by atoms with Crippen LogP contribution in [0, 0.1) is 13.8 Å². The zero-order valence-corrected chi connectivity index (χ0v) is 23.6. The summed E-state index contributed by atoms with van der Waals surface area (Å²) < 4.78 is 12.2. The third-order valence-corrected chi connectivity index (χ3v) is 8.35. The van der Waals surface area contributed by atoms with E-state index < -0.39 is 5.63 Å². The minimum absolute atomic E-state index is 0. The highest BCUT2D eigenvalue weighted by molar-refractivity contribution is 7.22. The van der Waals surface area contributed by atoms with E-state index in [2.05, 4.69) is 17.9 Å². The lowest BCUT2D eigenvalue weighted by molar-refractivity contribution is 0.0376. The third kappa shape index (κ3) is 5.43. The number of amides is 1. The Morgan fingerprint density at radius 3 is 2.67 bits per heavy atom. The molecule has 1 amide bonds. The van der Waals surface area contributed by atoms with Crippen LogP contribution in [0.25, 0.3) is 32.0 Å². The molecule has 0 aliphatic carbocycles. The molecule has 0 saturated carbocycles. The van der Waals surface area contributed by atoms with Crippen LogP contribution in [0.4, 0.5) is 5.13 Å². The molecule has 0 atom stereocenters. The molecule has 39 heavy (non-hydrogen) atoms. The van der Waals surface area contributed by atoms with E-state index >= 15 is 0 Å². The van der Waals surface area contributed by atoms with Crippen molar-refractivity contribution in [1.29, 1.82) is 0 Å². The molecule has 5 aromatic rings. The highest BCUT2D eigenvalue weighted by Crippen LogP contribution is 2.33. The van der Waals surface area contributed by atoms with E-state index in [1.54, 1.807) is 17.0 Å². The summed E-state index contributed by atoms with van der Waals surface area (Å²) in [6.45, 7) is 8.61. The summed E-state index contributed by atoms with van der Waals surface area (Å²) in [7, 11) is 0. The highest BCUT2D eigenvalue weighted by atomic mass is 35.5. The minimum atomic E-state index is -0.635. The molecule has 7 nitrogen and oxygen atoms in total. The van der Waals surface area contributed by atoms with Crippen molar-refractivity contribution in [3.05, 3.63) is 81.7 Å². The minimum Gasteiger partial charge on any atom is -0.422 e. The number of anilines is 1. The lowest BCUT2D eigenvalue weighted by Gasteiger charge is -2.27. The number of hydrogen-bond donors (Lipinski definition) is 0. The molecule has 6 rings (SSSR count). The maximum atomic E-state index is 14.1. The molecule has 0 unspecified atom stereocenters. The summed E-state index contributed by atoms with van der Waals surface area (Å²) in [6, 6.07) is 17.4. The summed E-state index contributed by atoms with van der Waals surface area (Å²) >= 11 is 1.49. The van der Waals surface area contributed by atoms with Gasteiger partial charge in [-0.25, -0.2) is 9.78 Å². The monoisotopic (exact) mass is 563 g/mol. The summed E-state index contributed by atoms with van der Waals surface area (Å²) in [5.74, 6) is -0.385. The fourth-order valence-electron chi connectivity index (χ4n) is 5.21. The Bertz CT molecular complexity index is 1720. The number of nitrogens with zero attached hydrogens (tertiary/aromatic N) is 3. The first kappa shape index (κ1) is 27.3. The van der Waals surface area contributed by atoms with Crippen LogP contribution in [0.1, 0.15) is 27.9 Å². The van der Waals surface area contributed by atoms with Gasteiger partial charge in [0.15, 0.2) is 5.13 Å². The van der Waals surface area contributed by atoms with Crippen molar-refractivity contribution < 1.29 is 13.9 Å². The lowest BCUT2D eigenvalue weighted by atomic mass is 10.0. The number of thiazole rings is 1. The van der Waals surface area contributed by atoms with Gasteiger partial charge in [-0.15, -0.1) is 12.4 Å². The number of halogens is 1. The molecule has 9 heteroatoms. The first-order valence-electron chi connectivity index (χ1n) is 12.9. The number of ether oxygens (including phenoxy) is 1. The Hall–Kier alpha value is -3.30. The van der Waals surface area contributed by atoms with Gasteiger partial charge < -0.3 is 9.15 Å². The molecule has 1 saturated heterocycles. The Labute approximate surface area is 236 Å². The van der Waals surface area contributed by atoms with Gasteiger partial charge >= 0.3 is 5.63 Å². The molecule has 2 aromatic heterocycles. The van der Waals surface area contributed by atoms with Gasteiger partial charge in [0, 0.05) is 31.6 Å². The average molecular weight is 564 g/mol. The van der Waals surface area contributed by atoms with Crippen LogP contribution in [0.5, 0.6) is 0 Å². The average Bonchev–Trinajstić information content (AvgIpc) is 3.35. The normalized spacial score (nSPS) is 14.1. The largest absolute Gasteiger partial charge is 0.422 e. The van der Waals surface area contributed by atoms with Crippen molar-refractivity contribution in [2.24, 2.45) is 0 Å². The van der Waals surface area contributed by atoms with Gasteiger partial charge in [0.25, 0.3) is 5.91 Å². The Morgan fingerprint density at radius 2 is 1.85 bits per heavy atom. The third-order valence-electron chi connectivity index (χ3n) is 7.12. The predicted molar refractivity (Wildman–Crippen MR) is 160 cm³/mol. The van der Waals surface area contributed by atoms with Crippen molar-refractivity contribution in [1.82, 2.24) is 9.88 Å². The molecule has 1 aliphatic heterocycles. The van der Waals surface area contributed by atoms with Crippen molar-refractivity contribution in [2.45, 2.75) is 20.3 Å². The van der Waals surface area contributed by atoms with Crippen molar-refractivity contribution in [3.8, 4) is 0 Å². The molecule has 202 valence electrons. The van der Waals surface area contributed by atoms with E-state index in [9.17, 15) is 9.59 Å². The number of carbonyl (C=O) groups excluding carboxylic acids is 1. The number of aromatic nitrogens is 1. The topological polar surface area (TPSA) is 75.9 Å². The zero-order valence-electron chi connectivity index (χ0n) is 21.9. The van der Waals surface area contributed by atoms with Gasteiger partial charge in [-0.2, -0.15) is 0 Å². The fourth-order valence-corrected chi connectivity index (χ4v) is 6.25. The SMILES string of the molecule is Cc1cc(C)c2sc(N(CCCN3CCOCC3)C(=O)c3cc4c(ccc5ccccc54)oc3=O)nc2c1.Cl. The van der Waals surface area contributed by atoms with E-state index in [0.29, 0.717) is 17.3 Å². The van der Waals surface area contributed by atoms with Crippen LogP contribution < -0.4 is 10.5 Å². The first-order valence-corrected chi connectivity index (χ1v) is 13.7. The molecule has 3 aromatic carbocycles. The first-order chi connectivity index (χ1) is 18.5. The van der Waals surface area contributed by atoms with Crippen molar-refractivity contribution in [2.75, 3.05) is 44.3 Å². The molecule has 0 radical (unpaired) electrons. The van der Waals surface area contributed by atoms with Gasteiger partial charge in [0.05, 0.1) is 23.4 Å². The second-order valence-electron chi connectivity index (χ2n) is 9.84. The number of rotatable bonds is 6. The van der Waals surface area contributed by atoms with Crippen LogP contribution in [0.15, 0.2) is 63.8 Å². The van der Waals surface area contributed by atoms with E-state index in [1.165, 1.54) is 11.3 Å². The van der Waals surface area contributed by atoms with Crippen LogP contribution in [0.3, 0.4) is 0 Å². The summed E-state index contributed by atoms with van der Waals surface area (Å²) in [4.78, 5) is 36.0. The Balaban J connectivity index is 0.00000308. The zero-order chi connectivity index (χ0) is 26.2. The quantitative estimate of drug-likeness (QED) is 0.187. The van der Waals surface area contributed by atoms with E-state index in [0.717, 1.165) is 76.8 Å². The molecule has 0 bridgehead atoms. The molecular weight excluding hydrogens is 534 g/mol. The van der Waals surface area contributed by atoms with Crippen molar-refractivity contribution >= 4 is 66.7 Å². The van der Waals surface area contributed by atoms with Crippen molar-refractivity contribution in [3.63, 3.8) is 0 Å². The van der Waals surface area contributed by atoms with E-state index in [-0.39, 0.29) is 23.9 Å². The van der Waals surface area contributed by atoms with Gasteiger partial charge in [-0.1, -0.05) is 47.7 Å². The fraction of sp³-hybridized carbons (Fsp3) is 0.300. The number of carbonyl (C=O) groups is 1.